The Hall–Kier alpha value is -2.55. The third-order valence-corrected chi connectivity index (χ3v) is 2.51. The van der Waals surface area contributed by atoms with Gasteiger partial charge >= 0.3 is 0 Å². The van der Waals surface area contributed by atoms with E-state index in [-0.39, 0.29) is 0 Å². The molecule has 3 nitrogen and oxygen atoms in total. The molecular formula is C15H11NO2. The fourth-order valence-corrected chi connectivity index (χ4v) is 1.66. The second kappa shape index (κ2) is 4.75. The lowest BCUT2D eigenvalue weighted by Crippen LogP contribution is -1.83. The van der Waals surface area contributed by atoms with Crippen molar-refractivity contribution in [2.75, 3.05) is 0 Å². The Morgan fingerprint density at radius 2 is 1.56 bits per heavy atom. The summed E-state index contributed by atoms with van der Waals surface area (Å²) in [5.74, 6) is 2.22. The monoisotopic (exact) mass is 237 g/mol. The van der Waals surface area contributed by atoms with Gasteiger partial charge in [0.15, 0.2) is 0 Å². The summed E-state index contributed by atoms with van der Waals surface area (Å²) in [6, 6.07) is 17.3. The minimum absolute atomic E-state index is 0.612. The molecular weight excluding hydrogens is 226 g/mol. The van der Waals surface area contributed by atoms with Crippen LogP contribution in [-0.2, 0) is 0 Å². The second-order valence-corrected chi connectivity index (χ2v) is 3.78. The minimum atomic E-state index is 0.612. The van der Waals surface area contributed by atoms with Crippen LogP contribution in [0.1, 0.15) is 0 Å². The lowest BCUT2D eigenvalue weighted by Gasteiger charge is -2.05. The SMILES string of the molecule is c1ccc(Oc2ccc(-c3ncco3)cc2)cc1. The molecule has 0 amide bonds. The van der Waals surface area contributed by atoms with Gasteiger partial charge < -0.3 is 9.15 Å². The van der Waals surface area contributed by atoms with E-state index in [9.17, 15) is 0 Å². The lowest BCUT2D eigenvalue weighted by atomic mass is 10.2. The first kappa shape index (κ1) is 10.6. The topological polar surface area (TPSA) is 35.3 Å². The van der Waals surface area contributed by atoms with Crippen LogP contribution in [0.4, 0.5) is 0 Å². The van der Waals surface area contributed by atoms with Gasteiger partial charge in [0.05, 0.1) is 6.20 Å². The number of hydrogen-bond donors (Lipinski definition) is 0. The van der Waals surface area contributed by atoms with Crippen molar-refractivity contribution < 1.29 is 9.15 Å². The number of nitrogens with zero attached hydrogens (tertiary/aromatic N) is 1. The van der Waals surface area contributed by atoms with Crippen LogP contribution in [0.2, 0.25) is 0 Å². The third kappa shape index (κ3) is 2.25. The first-order valence-electron chi connectivity index (χ1n) is 5.65. The summed E-state index contributed by atoms with van der Waals surface area (Å²) in [6.45, 7) is 0. The lowest BCUT2D eigenvalue weighted by molar-refractivity contribution is 0.482. The fourth-order valence-electron chi connectivity index (χ4n) is 1.66. The van der Waals surface area contributed by atoms with Crippen molar-refractivity contribution in [3.05, 3.63) is 67.1 Å². The van der Waals surface area contributed by atoms with Crippen LogP contribution in [0.15, 0.2) is 71.5 Å². The van der Waals surface area contributed by atoms with Crippen molar-refractivity contribution >= 4 is 0 Å². The Balaban J connectivity index is 1.80. The highest BCUT2D eigenvalue weighted by Crippen LogP contribution is 2.24. The van der Waals surface area contributed by atoms with Crippen molar-refractivity contribution in [2.45, 2.75) is 0 Å². The molecule has 0 aliphatic heterocycles. The zero-order valence-electron chi connectivity index (χ0n) is 9.61. The Bertz CT molecular complexity index is 601. The van der Waals surface area contributed by atoms with E-state index in [0.29, 0.717) is 5.89 Å². The highest BCUT2D eigenvalue weighted by Gasteiger charge is 2.02. The Morgan fingerprint density at radius 1 is 0.833 bits per heavy atom. The summed E-state index contributed by atoms with van der Waals surface area (Å²) in [6.07, 6.45) is 3.19. The van der Waals surface area contributed by atoms with Gasteiger partial charge in [0, 0.05) is 5.56 Å². The molecule has 0 bridgehead atoms. The molecule has 0 saturated carbocycles. The maximum absolute atomic E-state index is 5.70. The number of benzene rings is 2. The number of hydrogen-bond acceptors (Lipinski definition) is 3. The van der Waals surface area contributed by atoms with Gasteiger partial charge in [0.25, 0.3) is 0 Å². The van der Waals surface area contributed by atoms with Gasteiger partial charge in [-0.2, -0.15) is 0 Å². The Kier molecular flexibility index (Phi) is 2.80. The van der Waals surface area contributed by atoms with E-state index in [2.05, 4.69) is 4.98 Å². The summed E-state index contributed by atoms with van der Waals surface area (Å²) < 4.78 is 10.9. The summed E-state index contributed by atoms with van der Waals surface area (Å²) in [5.41, 5.74) is 0.931. The predicted octanol–water partition coefficient (Wildman–Crippen LogP) is 4.13. The molecule has 18 heavy (non-hydrogen) atoms. The molecule has 0 fully saturated rings. The van der Waals surface area contributed by atoms with Crippen LogP contribution in [0.25, 0.3) is 11.5 Å². The third-order valence-electron chi connectivity index (χ3n) is 2.51. The Morgan fingerprint density at radius 3 is 2.22 bits per heavy atom. The van der Waals surface area contributed by atoms with Gasteiger partial charge in [0.2, 0.25) is 5.89 Å². The molecule has 0 atom stereocenters. The standard InChI is InChI=1S/C15H11NO2/c1-2-4-13(5-3-1)18-14-8-6-12(7-9-14)15-16-10-11-17-15/h1-11H. The van der Waals surface area contributed by atoms with Crippen LogP contribution in [0, 0.1) is 0 Å². The van der Waals surface area contributed by atoms with Gasteiger partial charge in [-0.05, 0) is 36.4 Å². The van der Waals surface area contributed by atoms with Crippen molar-refractivity contribution in [3.8, 4) is 23.0 Å². The number of aromatic nitrogens is 1. The molecule has 3 aromatic rings. The maximum Gasteiger partial charge on any atom is 0.225 e. The molecule has 0 spiro atoms. The molecule has 0 aliphatic carbocycles. The van der Waals surface area contributed by atoms with Crippen molar-refractivity contribution in [1.29, 1.82) is 0 Å². The number of para-hydroxylation sites is 1. The number of ether oxygens (including phenoxy) is 1. The number of oxazole rings is 1. The van der Waals surface area contributed by atoms with E-state index in [1.165, 1.54) is 0 Å². The maximum atomic E-state index is 5.70. The molecule has 1 aromatic heterocycles. The second-order valence-electron chi connectivity index (χ2n) is 3.78. The quantitative estimate of drug-likeness (QED) is 0.686. The molecule has 2 aromatic carbocycles. The van der Waals surface area contributed by atoms with Crippen LogP contribution in [0.5, 0.6) is 11.5 Å². The predicted molar refractivity (Wildman–Crippen MR) is 68.5 cm³/mol. The van der Waals surface area contributed by atoms with Crippen LogP contribution in [0.3, 0.4) is 0 Å². The van der Waals surface area contributed by atoms with E-state index < -0.39 is 0 Å². The van der Waals surface area contributed by atoms with E-state index in [1.54, 1.807) is 12.5 Å². The molecule has 0 N–H and O–H groups in total. The van der Waals surface area contributed by atoms with Crippen LogP contribution in [-0.4, -0.2) is 4.98 Å². The molecule has 3 heteroatoms. The zero-order chi connectivity index (χ0) is 12.2. The van der Waals surface area contributed by atoms with Crippen molar-refractivity contribution in [2.24, 2.45) is 0 Å². The fraction of sp³-hybridized carbons (Fsp3) is 0. The molecule has 1 heterocycles. The van der Waals surface area contributed by atoms with Crippen LogP contribution < -0.4 is 4.74 Å². The van der Waals surface area contributed by atoms with Crippen molar-refractivity contribution in [1.82, 2.24) is 4.98 Å². The van der Waals surface area contributed by atoms with E-state index >= 15 is 0 Å². The molecule has 0 saturated heterocycles. The molecule has 0 unspecified atom stereocenters. The van der Waals surface area contributed by atoms with Gasteiger partial charge in [-0.1, -0.05) is 18.2 Å². The van der Waals surface area contributed by atoms with Crippen LogP contribution >= 0.6 is 0 Å². The van der Waals surface area contributed by atoms with Gasteiger partial charge in [-0.3, -0.25) is 0 Å². The first-order valence-corrected chi connectivity index (χ1v) is 5.65. The average Bonchev–Trinajstić information content (AvgIpc) is 2.95. The summed E-state index contributed by atoms with van der Waals surface area (Å²) in [4.78, 5) is 4.09. The van der Waals surface area contributed by atoms with Crippen molar-refractivity contribution in [3.63, 3.8) is 0 Å². The largest absolute Gasteiger partial charge is 0.457 e. The molecule has 88 valence electrons. The molecule has 0 aliphatic rings. The van der Waals surface area contributed by atoms with Gasteiger partial charge in [-0.25, -0.2) is 4.98 Å². The summed E-state index contributed by atoms with van der Waals surface area (Å²) in [7, 11) is 0. The summed E-state index contributed by atoms with van der Waals surface area (Å²) >= 11 is 0. The van der Waals surface area contributed by atoms with E-state index in [4.69, 9.17) is 9.15 Å². The van der Waals surface area contributed by atoms with Gasteiger partial charge in [0.1, 0.15) is 17.8 Å². The minimum Gasteiger partial charge on any atom is -0.457 e. The molecule has 0 radical (unpaired) electrons. The van der Waals surface area contributed by atoms with Gasteiger partial charge in [-0.15, -0.1) is 0 Å². The normalized spacial score (nSPS) is 10.2. The zero-order valence-corrected chi connectivity index (χ0v) is 9.61. The highest BCUT2D eigenvalue weighted by molar-refractivity contribution is 5.54. The first-order chi connectivity index (χ1) is 8.92. The average molecular weight is 237 g/mol. The number of rotatable bonds is 3. The highest BCUT2D eigenvalue weighted by atomic mass is 16.5. The summed E-state index contributed by atoms with van der Waals surface area (Å²) in [5, 5.41) is 0. The van der Waals surface area contributed by atoms with E-state index in [1.807, 2.05) is 54.6 Å². The molecule has 3 rings (SSSR count). The Labute approximate surface area is 105 Å². The smallest absolute Gasteiger partial charge is 0.225 e. The van der Waals surface area contributed by atoms with E-state index in [0.717, 1.165) is 17.1 Å².